The summed E-state index contributed by atoms with van der Waals surface area (Å²) in [5.41, 5.74) is -0.581. The molecular formula is C7H7BF2O5. The highest BCUT2D eigenvalue weighted by Crippen LogP contribution is 2.16. The van der Waals surface area contributed by atoms with Crippen LogP contribution in [0.4, 0.5) is 8.78 Å². The lowest BCUT2D eigenvalue weighted by Gasteiger charge is -2.11. The lowest BCUT2D eigenvalue weighted by atomic mass is 9.78. The molecule has 0 radical (unpaired) electrons. The molecule has 0 spiro atoms. The average molecular weight is 220 g/mol. The van der Waals surface area contributed by atoms with E-state index in [9.17, 15) is 8.78 Å². The van der Waals surface area contributed by atoms with Gasteiger partial charge in [0.2, 0.25) is 0 Å². The third kappa shape index (κ3) is 2.24. The minimum Gasteiger partial charge on any atom is -0.494 e. The van der Waals surface area contributed by atoms with Crippen LogP contribution in [0.1, 0.15) is 0 Å². The van der Waals surface area contributed by atoms with E-state index in [4.69, 9.17) is 10.5 Å². The van der Waals surface area contributed by atoms with Crippen LogP contribution in [0.2, 0.25) is 0 Å². The predicted molar refractivity (Wildman–Crippen MR) is 45.7 cm³/mol. The standard InChI is InChI=1S/C7H7BF2O5/c1-13-7-5(10)3-2-4(9)6(7)8(14-11)15-12/h2-3,11-12H,1H3. The van der Waals surface area contributed by atoms with Gasteiger partial charge in [-0.05, 0) is 12.1 Å². The zero-order chi connectivity index (χ0) is 11.4. The SMILES string of the molecule is COc1c(F)ccc(F)c1B(OO)OO. The molecule has 1 aromatic carbocycles. The average Bonchev–Trinajstić information content (AvgIpc) is 2.25. The van der Waals surface area contributed by atoms with Gasteiger partial charge < -0.3 is 4.74 Å². The van der Waals surface area contributed by atoms with Crippen molar-refractivity contribution in [2.45, 2.75) is 0 Å². The maximum Gasteiger partial charge on any atom is 0.560 e. The Morgan fingerprint density at radius 3 is 2.13 bits per heavy atom. The van der Waals surface area contributed by atoms with Gasteiger partial charge in [-0.25, -0.2) is 8.78 Å². The van der Waals surface area contributed by atoms with Crippen molar-refractivity contribution in [1.29, 1.82) is 0 Å². The molecule has 8 heteroatoms. The van der Waals surface area contributed by atoms with Crippen molar-refractivity contribution in [3.8, 4) is 5.75 Å². The summed E-state index contributed by atoms with van der Waals surface area (Å²) in [5, 5.41) is 16.6. The summed E-state index contributed by atoms with van der Waals surface area (Å²) >= 11 is 0. The molecule has 1 rings (SSSR count). The van der Waals surface area contributed by atoms with Crippen molar-refractivity contribution >= 4 is 12.6 Å². The van der Waals surface area contributed by atoms with Crippen LogP contribution in [-0.4, -0.2) is 24.7 Å². The predicted octanol–water partition coefficient (Wildman–Crippen LogP) is 0.648. The van der Waals surface area contributed by atoms with Crippen LogP contribution >= 0.6 is 0 Å². The summed E-state index contributed by atoms with van der Waals surface area (Å²) in [5.74, 6) is -2.36. The number of rotatable bonds is 4. The van der Waals surface area contributed by atoms with Crippen molar-refractivity contribution in [1.82, 2.24) is 0 Å². The topological polar surface area (TPSA) is 68.2 Å². The Balaban J connectivity index is 3.29. The number of ether oxygens (including phenoxy) is 1. The molecule has 0 atom stereocenters. The second kappa shape index (κ2) is 5.03. The van der Waals surface area contributed by atoms with Gasteiger partial charge in [-0.3, -0.25) is 20.1 Å². The van der Waals surface area contributed by atoms with E-state index in [2.05, 4.69) is 14.3 Å². The summed E-state index contributed by atoms with van der Waals surface area (Å²) in [7, 11) is -0.789. The fourth-order valence-electron chi connectivity index (χ4n) is 1.10. The Morgan fingerprint density at radius 1 is 1.13 bits per heavy atom. The molecule has 0 heterocycles. The number of methoxy groups -OCH3 is 1. The Labute approximate surface area is 83.8 Å². The van der Waals surface area contributed by atoms with Gasteiger partial charge in [0.25, 0.3) is 0 Å². The molecular weight excluding hydrogens is 213 g/mol. The van der Waals surface area contributed by atoms with Gasteiger partial charge in [-0.15, -0.1) is 0 Å². The van der Waals surface area contributed by atoms with Crippen molar-refractivity contribution in [2.24, 2.45) is 0 Å². The van der Waals surface area contributed by atoms with Crippen molar-refractivity contribution < 1.29 is 33.6 Å². The molecule has 0 aliphatic carbocycles. The first kappa shape index (κ1) is 11.9. The third-order valence-electron chi connectivity index (χ3n) is 1.73. The van der Waals surface area contributed by atoms with Crippen molar-refractivity contribution in [3.63, 3.8) is 0 Å². The van der Waals surface area contributed by atoms with E-state index in [1.54, 1.807) is 0 Å². The molecule has 1 aromatic rings. The number of halogens is 2. The fourth-order valence-corrected chi connectivity index (χ4v) is 1.10. The maximum atomic E-state index is 13.2. The third-order valence-corrected chi connectivity index (χ3v) is 1.73. The van der Waals surface area contributed by atoms with Crippen molar-refractivity contribution in [2.75, 3.05) is 7.11 Å². The van der Waals surface area contributed by atoms with Gasteiger partial charge in [0.1, 0.15) is 5.82 Å². The van der Waals surface area contributed by atoms with E-state index in [0.29, 0.717) is 0 Å². The summed E-state index contributed by atoms with van der Waals surface area (Å²) < 4.78 is 30.9. The van der Waals surface area contributed by atoms with E-state index >= 15 is 0 Å². The van der Waals surface area contributed by atoms with Gasteiger partial charge in [-0.1, -0.05) is 0 Å². The van der Waals surface area contributed by atoms with Gasteiger partial charge in [0, 0.05) is 0 Å². The molecule has 0 aromatic heterocycles. The quantitative estimate of drug-likeness (QED) is 0.442. The molecule has 0 amide bonds. The molecule has 0 saturated heterocycles. The van der Waals surface area contributed by atoms with Crippen molar-refractivity contribution in [3.05, 3.63) is 23.8 Å². The highest BCUT2D eigenvalue weighted by atomic mass is 19.1. The van der Waals surface area contributed by atoms with E-state index in [0.717, 1.165) is 19.2 Å². The van der Waals surface area contributed by atoms with Gasteiger partial charge in [-0.2, -0.15) is 0 Å². The Morgan fingerprint density at radius 2 is 1.67 bits per heavy atom. The minimum atomic E-state index is -1.88. The molecule has 0 aliphatic rings. The van der Waals surface area contributed by atoms with Crippen LogP contribution in [0.15, 0.2) is 12.1 Å². The molecule has 0 saturated carbocycles. The number of benzene rings is 1. The lowest BCUT2D eigenvalue weighted by Crippen LogP contribution is -2.39. The smallest absolute Gasteiger partial charge is 0.494 e. The first-order chi connectivity index (χ1) is 7.15. The summed E-state index contributed by atoms with van der Waals surface area (Å²) in [6, 6.07) is 1.60. The van der Waals surface area contributed by atoms with Gasteiger partial charge in [0.15, 0.2) is 11.6 Å². The van der Waals surface area contributed by atoms with Crippen LogP contribution < -0.4 is 10.2 Å². The summed E-state index contributed by atoms with van der Waals surface area (Å²) in [6.07, 6.45) is 0. The minimum absolute atomic E-state index is 0.525. The first-order valence-electron chi connectivity index (χ1n) is 3.78. The molecule has 2 N–H and O–H groups in total. The van der Waals surface area contributed by atoms with Crippen LogP contribution in [-0.2, 0) is 9.61 Å². The first-order valence-corrected chi connectivity index (χ1v) is 3.78. The molecule has 0 aliphatic heterocycles. The largest absolute Gasteiger partial charge is 0.560 e. The highest BCUT2D eigenvalue weighted by molar-refractivity contribution is 6.61. The monoisotopic (exact) mass is 220 g/mol. The second-order valence-corrected chi connectivity index (χ2v) is 2.52. The second-order valence-electron chi connectivity index (χ2n) is 2.52. The highest BCUT2D eigenvalue weighted by Gasteiger charge is 2.32. The zero-order valence-corrected chi connectivity index (χ0v) is 7.61. The van der Waals surface area contributed by atoms with E-state index in [1.165, 1.54) is 0 Å². The Kier molecular flexibility index (Phi) is 3.98. The van der Waals surface area contributed by atoms with Crippen LogP contribution in [0.3, 0.4) is 0 Å². The summed E-state index contributed by atoms with van der Waals surface area (Å²) in [4.78, 5) is 7.21. The molecule has 0 fully saturated rings. The molecule has 15 heavy (non-hydrogen) atoms. The van der Waals surface area contributed by atoms with E-state index in [1.807, 2.05) is 0 Å². The Bertz CT molecular complexity index is 344. The van der Waals surface area contributed by atoms with E-state index in [-0.39, 0.29) is 0 Å². The van der Waals surface area contributed by atoms with Crippen LogP contribution in [0, 0.1) is 11.6 Å². The normalized spacial score (nSPS) is 10.2. The molecule has 82 valence electrons. The van der Waals surface area contributed by atoms with Gasteiger partial charge in [0.05, 0.1) is 12.6 Å². The number of hydrogen-bond acceptors (Lipinski definition) is 5. The van der Waals surface area contributed by atoms with Gasteiger partial charge >= 0.3 is 7.12 Å². The van der Waals surface area contributed by atoms with E-state index < -0.39 is 30.0 Å². The molecule has 0 unspecified atom stereocenters. The van der Waals surface area contributed by atoms with Crippen LogP contribution in [0.5, 0.6) is 5.75 Å². The van der Waals surface area contributed by atoms with Crippen LogP contribution in [0.25, 0.3) is 0 Å². The number of hydrogen-bond donors (Lipinski definition) is 2. The lowest BCUT2D eigenvalue weighted by molar-refractivity contribution is -0.221. The summed E-state index contributed by atoms with van der Waals surface area (Å²) in [6.45, 7) is 0. The maximum absolute atomic E-state index is 13.2. The molecule has 0 bridgehead atoms. The molecule has 5 nitrogen and oxygen atoms in total. The zero-order valence-electron chi connectivity index (χ0n) is 7.61. The Hall–Kier alpha value is -1.22. The fraction of sp³-hybridized carbons (Fsp3) is 0.143.